The number of hydrogen-bond donors (Lipinski definition) is 1. The molecule has 0 aliphatic carbocycles. The Labute approximate surface area is 190 Å². The lowest BCUT2D eigenvalue weighted by Crippen LogP contribution is -2.13. The Morgan fingerprint density at radius 3 is 2.03 bits per heavy atom. The summed E-state index contributed by atoms with van der Waals surface area (Å²) in [4.78, 5) is 11.4. The van der Waals surface area contributed by atoms with Crippen molar-refractivity contribution in [2.45, 2.75) is 46.1 Å². The van der Waals surface area contributed by atoms with Crippen molar-refractivity contribution in [1.29, 1.82) is 0 Å². The van der Waals surface area contributed by atoms with Gasteiger partial charge in [-0.15, -0.1) is 0 Å². The molecule has 1 amide bonds. The Morgan fingerprint density at radius 2 is 1.52 bits per heavy atom. The van der Waals surface area contributed by atoms with E-state index < -0.39 is 5.91 Å². The molecule has 0 saturated carbocycles. The SMILES string of the molecule is CC(C)CC(Oc1ccc(-c2ccc(C(C)C)cc2)c(Cl)c1)c1ccc(C(N)=O)cc1. The van der Waals surface area contributed by atoms with Gasteiger partial charge in [-0.3, -0.25) is 4.79 Å². The normalized spacial score (nSPS) is 12.2. The average Bonchev–Trinajstić information content (AvgIpc) is 2.73. The molecular formula is C27H30ClNO2. The molecule has 0 aliphatic rings. The molecule has 0 bridgehead atoms. The molecule has 0 radical (unpaired) electrons. The van der Waals surface area contributed by atoms with Gasteiger partial charge in [0.25, 0.3) is 0 Å². The quantitative estimate of drug-likeness (QED) is 0.400. The summed E-state index contributed by atoms with van der Waals surface area (Å²) in [5, 5.41) is 0.655. The maximum atomic E-state index is 11.4. The van der Waals surface area contributed by atoms with E-state index in [9.17, 15) is 4.79 Å². The second kappa shape index (κ2) is 10.0. The van der Waals surface area contributed by atoms with Gasteiger partial charge in [0.05, 0.1) is 5.02 Å². The number of benzene rings is 3. The maximum Gasteiger partial charge on any atom is 0.248 e. The van der Waals surface area contributed by atoms with Crippen LogP contribution in [0.2, 0.25) is 5.02 Å². The van der Waals surface area contributed by atoms with Crippen LogP contribution in [0.4, 0.5) is 0 Å². The molecule has 4 heteroatoms. The number of ether oxygens (including phenoxy) is 1. The van der Waals surface area contributed by atoms with Crippen molar-refractivity contribution in [2.24, 2.45) is 11.7 Å². The van der Waals surface area contributed by atoms with Gasteiger partial charge in [0.2, 0.25) is 5.91 Å². The van der Waals surface area contributed by atoms with E-state index in [1.54, 1.807) is 12.1 Å². The van der Waals surface area contributed by atoms with E-state index in [-0.39, 0.29) is 6.10 Å². The van der Waals surface area contributed by atoms with E-state index >= 15 is 0 Å². The minimum absolute atomic E-state index is 0.144. The number of primary amides is 1. The predicted octanol–water partition coefficient (Wildman–Crippen LogP) is 7.40. The smallest absolute Gasteiger partial charge is 0.248 e. The number of carbonyl (C=O) groups excluding carboxylic acids is 1. The van der Waals surface area contributed by atoms with E-state index in [0.717, 1.165) is 28.9 Å². The molecule has 1 unspecified atom stereocenters. The van der Waals surface area contributed by atoms with Crippen molar-refractivity contribution < 1.29 is 9.53 Å². The lowest BCUT2D eigenvalue weighted by atomic mass is 9.98. The van der Waals surface area contributed by atoms with Crippen LogP contribution in [0, 0.1) is 5.92 Å². The van der Waals surface area contributed by atoms with Gasteiger partial charge < -0.3 is 10.5 Å². The van der Waals surface area contributed by atoms with Crippen LogP contribution in [0.1, 0.15) is 67.6 Å². The van der Waals surface area contributed by atoms with Crippen molar-refractivity contribution in [3.63, 3.8) is 0 Å². The zero-order chi connectivity index (χ0) is 22.5. The Kier molecular flexibility index (Phi) is 7.40. The molecule has 3 aromatic rings. The fraction of sp³-hybridized carbons (Fsp3) is 0.296. The van der Waals surface area contributed by atoms with Crippen molar-refractivity contribution in [3.8, 4) is 16.9 Å². The lowest BCUT2D eigenvalue weighted by molar-refractivity contribution is 0.1000. The second-order valence-electron chi connectivity index (χ2n) is 8.64. The highest BCUT2D eigenvalue weighted by Gasteiger charge is 2.17. The first-order valence-corrected chi connectivity index (χ1v) is 11.1. The van der Waals surface area contributed by atoms with Gasteiger partial charge in [-0.25, -0.2) is 0 Å². The summed E-state index contributed by atoms with van der Waals surface area (Å²) < 4.78 is 6.33. The minimum atomic E-state index is -0.434. The van der Waals surface area contributed by atoms with Crippen LogP contribution in [0.3, 0.4) is 0 Å². The zero-order valence-corrected chi connectivity index (χ0v) is 19.3. The molecule has 2 N–H and O–H groups in total. The Hall–Kier alpha value is -2.78. The van der Waals surface area contributed by atoms with E-state index in [4.69, 9.17) is 22.1 Å². The third-order valence-corrected chi connectivity index (χ3v) is 5.67. The van der Waals surface area contributed by atoms with Crippen LogP contribution in [-0.2, 0) is 0 Å². The maximum absolute atomic E-state index is 11.4. The fourth-order valence-corrected chi connectivity index (χ4v) is 3.84. The number of carbonyl (C=O) groups is 1. The van der Waals surface area contributed by atoms with Gasteiger partial charge in [0, 0.05) is 11.1 Å². The van der Waals surface area contributed by atoms with E-state index in [1.165, 1.54) is 5.56 Å². The van der Waals surface area contributed by atoms with E-state index in [1.807, 2.05) is 30.3 Å². The third-order valence-electron chi connectivity index (χ3n) is 5.36. The van der Waals surface area contributed by atoms with Crippen molar-refractivity contribution in [1.82, 2.24) is 0 Å². The number of hydrogen-bond acceptors (Lipinski definition) is 2. The summed E-state index contributed by atoms with van der Waals surface area (Å²) in [6.45, 7) is 8.68. The molecule has 0 aromatic heterocycles. The van der Waals surface area contributed by atoms with Crippen LogP contribution in [0.15, 0.2) is 66.7 Å². The molecular weight excluding hydrogens is 406 g/mol. The summed E-state index contributed by atoms with van der Waals surface area (Å²) >= 11 is 6.63. The second-order valence-corrected chi connectivity index (χ2v) is 9.05. The zero-order valence-electron chi connectivity index (χ0n) is 18.6. The summed E-state index contributed by atoms with van der Waals surface area (Å²) in [5.74, 6) is 1.22. The first-order chi connectivity index (χ1) is 14.7. The highest BCUT2D eigenvalue weighted by molar-refractivity contribution is 6.33. The first-order valence-electron chi connectivity index (χ1n) is 10.7. The van der Waals surface area contributed by atoms with Gasteiger partial charge >= 0.3 is 0 Å². The van der Waals surface area contributed by atoms with Crippen molar-refractivity contribution >= 4 is 17.5 Å². The molecule has 0 spiro atoms. The fourth-order valence-electron chi connectivity index (χ4n) is 3.56. The van der Waals surface area contributed by atoms with Gasteiger partial charge in [-0.05, 0) is 65.3 Å². The Morgan fingerprint density at radius 1 is 0.903 bits per heavy atom. The summed E-state index contributed by atoms with van der Waals surface area (Å²) in [7, 11) is 0. The standard InChI is InChI=1S/C27H30ClNO2/c1-17(2)15-26(21-9-11-22(12-10-21)27(29)30)31-23-13-14-24(25(28)16-23)20-7-5-19(6-8-20)18(3)4/h5-14,16-18,26H,15H2,1-4H3,(H2,29,30). The van der Waals surface area contributed by atoms with Crippen LogP contribution < -0.4 is 10.5 Å². The molecule has 0 fully saturated rings. The number of rotatable bonds is 8. The number of amides is 1. The first kappa shape index (κ1) is 22.9. The minimum Gasteiger partial charge on any atom is -0.486 e. The van der Waals surface area contributed by atoms with Gasteiger partial charge in [-0.1, -0.05) is 75.7 Å². The molecule has 3 nitrogen and oxygen atoms in total. The van der Waals surface area contributed by atoms with Crippen molar-refractivity contribution in [2.75, 3.05) is 0 Å². The Bertz CT molecular complexity index is 1020. The largest absolute Gasteiger partial charge is 0.486 e. The summed E-state index contributed by atoms with van der Waals surface area (Å²) in [6, 6.07) is 21.6. The van der Waals surface area contributed by atoms with Crippen LogP contribution in [0.25, 0.3) is 11.1 Å². The highest BCUT2D eigenvalue weighted by Crippen LogP contribution is 2.35. The molecule has 0 saturated heterocycles. The van der Waals surface area contributed by atoms with Gasteiger partial charge in [-0.2, -0.15) is 0 Å². The topological polar surface area (TPSA) is 52.3 Å². The molecule has 3 rings (SSSR count). The van der Waals surface area contributed by atoms with Crippen LogP contribution >= 0.6 is 11.6 Å². The van der Waals surface area contributed by atoms with Crippen molar-refractivity contribution in [3.05, 3.63) is 88.4 Å². The lowest BCUT2D eigenvalue weighted by Gasteiger charge is -2.22. The van der Waals surface area contributed by atoms with Crippen LogP contribution in [0.5, 0.6) is 5.75 Å². The third kappa shape index (κ3) is 5.89. The highest BCUT2D eigenvalue weighted by atomic mass is 35.5. The summed E-state index contributed by atoms with van der Waals surface area (Å²) in [5.41, 5.74) is 10.2. The molecule has 0 aliphatic heterocycles. The number of halogens is 1. The monoisotopic (exact) mass is 435 g/mol. The molecule has 0 heterocycles. The summed E-state index contributed by atoms with van der Waals surface area (Å²) in [6.07, 6.45) is 0.695. The predicted molar refractivity (Wildman–Crippen MR) is 129 cm³/mol. The van der Waals surface area contributed by atoms with E-state index in [0.29, 0.717) is 22.4 Å². The van der Waals surface area contributed by atoms with E-state index in [2.05, 4.69) is 52.0 Å². The Balaban J connectivity index is 1.83. The molecule has 3 aromatic carbocycles. The van der Waals surface area contributed by atoms with Gasteiger partial charge in [0.15, 0.2) is 0 Å². The molecule has 1 atom stereocenters. The molecule has 162 valence electrons. The average molecular weight is 436 g/mol. The molecule has 31 heavy (non-hydrogen) atoms. The van der Waals surface area contributed by atoms with Crippen LogP contribution in [-0.4, -0.2) is 5.91 Å². The number of nitrogens with two attached hydrogens (primary N) is 1. The van der Waals surface area contributed by atoms with Gasteiger partial charge in [0.1, 0.15) is 11.9 Å².